The number of hydrogen-bond acceptors (Lipinski definition) is 7. The van der Waals surface area contributed by atoms with Gasteiger partial charge in [-0.25, -0.2) is 18.1 Å². The average molecular weight is 464 g/mol. The normalized spacial score (nSPS) is 11.6. The topological polar surface area (TPSA) is 99.5 Å². The third kappa shape index (κ3) is 5.99. The summed E-state index contributed by atoms with van der Waals surface area (Å²) in [6, 6.07) is 12.8. The highest BCUT2D eigenvalue weighted by molar-refractivity contribution is 7.99. The summed E-state index contributed by atoms with van der Waals surface area (Å²) in [7, 11) is -0.0795. The highest BCUT2D eigenvalue weighted by Gasteiger charge is 2.13. The van der Waals surface area contributed by atoms with Gasteiger partial charge in [0, 0.05) is 12.3 Å². The van der Waals surface area contributed by atoms with Crippen LogP contribution in [-0.4, -0.2) is 50.7 Å². The highest BCUT2D eigenvalue weighted by atomic mass is 32.2. The van der Waals surface area contributed by atoms with Crippen LogP contribution in [0, 0.1) is 0 Å². The number of nitrogens with one attached hydrogen (secondary N) is 1. The van der Waals surface area contributed by atoms with E-state index in [-0.39, 0.29) is 5.56 Å². The smallest absolute Gasteiger partial charge is 0.262 e. The molecule has 0 aliphatic rings. The van der Waals surface area contributed by atoms with Crippen molar-refractivity contribution in [2.75, 3.05) is 32.8 Å². The maximum atomic E-state index is 13.2. The number of rotatable bonds is 10. The van der Waals surface area contributed by atoms with Crippen LogP contribution >= 0.6 is 11.8 Å². The van der Waals surface area contributed by atoms with Crippen molar-refractivity contribution in [3.05, 3.63) is 58.4 Å². The molecule has 8 nitrogen and oxygen atoms in total. The lowest BCUT2D eigenvalue weighted by molar-refractivity contribution is 0.354. The minimum atomic E-state index is -3.22. The standard InChI is InChI=1S/C21H25N3O5S2/c1-28-18-10-9-15(13-19(18)29-2)14-24-20(25)16-7-4-5-8-17(16)23-21(24)30-12-6-11-22-31(3,26)27/h4-5,7-10,13,22H,6,11-12,14H2,1-3H3. The van der Waals surface area contributed by atoms with Gasteiger partial charge in [-0.2, -0.15) is 0 Å². The summed E-state index contributed by atoms with van der Waals surface area (Å²) in [4.78, 5) is 17.9. The molecule has 2 aromatic carbocycles. The molecule has 0 amide bonds. The zero-order chi connectivity index (χ0) is 22.4. The molecule has 0 aliphatic heterocycles. The van der Waals surface area contributed by atoms with Gasteiger partial charge in [0.15, 0.2) is 16.7 Å². The molecule has 0 saturated carbocycles. The summed E-state index contributed by atoms with van der Waals surface area (Å²) in [5.41, 5.74) is 1.38. The molecule has 0 radical (unpaired) electrons. The Morgan fingerprint density at radius 3 is 2.55 bits per heavy atom. The van der Waals surface area contributed by atoms with Gasteiger partial charge in [0.05, 0.1) is 37.9 Å². The molecule has 0 fully saturated rings. The van der Waals surface area contributed by atoms with Crippen LogP contribution in [0.5, 0.6) is 11.5 Å². The molecule has 3 aromatic rings. The van der Waals surface area contributed by atoms with Crippen molar-refractivity contribution in [1.82, 2.24) is 14.3 Å². The predicted molar refractivity (Wildman–Crippen MR) is 123 cm³/mol. The molecule has 0 saturated heterocycles. The minimum absolute atomic E-state index is 0.128. The van der Waals surface area contributed by atoms with Gasteiger partial charge in [-0.05, 0) is 36.2 Å². The molecule has 0 spiro atoms. The average Bonchev–Trinajstić information content (AvgIpc) is 2.75. The monoisotopic (exact) mass is 463 g/mol. The number of ether oxygens (including phenoxy) is 2. The molecule has 10 heteroatoms. The van der Waals surface area contributed by atoms with Crippen molar-refractivity contribution in [3.8, 4) is 11.5 Å². The van der Waals surface area contributed by atoms with Gasteiger partial charge in [-0.1, -0.05) is 30.0 Å². The van der Waals surface area contributed by atoms with E-state index in [4.69, 9.17) is 9.47 Å². The van der Waals surface area contributed by atoms with Crippen LogP contribution in [0.25, 0.3) is 10.9 Å². The third-order valence-electron chi connectivity index (χ3n) is 4.53. The number of benzene rings is 2. The minimum Gasteiger partial charge on any atom is -0.493 e. The van der Waals surface area contributed by atoms with Crippen molar-refractivity contribution in [2.45, 2.75) is 18.1 Å². The van der Waals surface area contributed by atoms with E-state index in [0.29, 0.717) is 52.8 Å². The summed E-state index contributed by atoms with van der Waals surface area (Å²) in [6.07, 6.45) is 1.74. The van der Waals surface area contributed by atoms with Crippen molar-refractivity contribution in [2.24, 2.45) is 0 Å². The van der Waals surface area contributed by atoms with E-state index in [1.807, 2.05) is 30.3 Å². The first kappa shape index (κ1) is 23.1. The Labute approximate surface area is 185 Å². The van der Waals surface area contributed by atoms with Crippen molar-refractivity contribution in [3.63, 3.8) is 0 Å². The fourth-order valence-corrected chi connectivity index (χ4v) is 4.50. The van der Waals surface area contributed by atoms with E-state index in [1.54, 1.807) is 30.9 Å². The number of hydrogen-bond donors (Lipinski definition) is 1. The molecule has 0 atom stereocenters. The van der Waals surface area contributed by atoms with E-state index >= 15 is 0 Å². The Morgan fingerprint density at radius 1 is 1.10 bits per heavy atom. The van der Waals surface area contributed by atoms with E-state index < -0.39 is 10.0 Å². The van der Waals surface area contributed by atoms with Gasteiger partial charge < -0.3 is 9.47 Å². The zero-order valence-corrected chi connectivity index (χ0v) is 19.3. The van der Waals surface area contributed by atoms with Crippen LogP contribution in [0.3, 0.4) is 0 Å². The molecule has 0 aliphatic carbocycles. The van der Waals surface area contributed by atoms with Crippen molar-refractivity contribution < 1.29 is 17.9 Å². The van der Waals surface area contributed by atoms with E-state index in [0.717, 1.165) is 11.8 Å². The molecular weight excluding hydrogens is 438 g/mol. The first-order chi connectivity index (χ1) is 14.8. The van der Waals surface area contributed by atoms with Crippen LogP contribution < -0.4 is 19.8 Å². The summed E-state index contributed by atoms with van der Waals surface area (Å²) in [5, 5.41) is 1.13. The quantitative estimate of drug-likeness (QED) is 0.280. The summed E-state index contributed by atoms with van der Waals surface area (Å²) < 4.78 is 37.2. The van der Waals surface area contributed by atoms with E-state index in [9.17, 15) is 13.2 Å². The Balaban J connectivity index is 1.90. The number of methoxy groups -OCH3 is 2. The van der Waals surface area contributed by atoms with Crippen molar-refractivity contribution >= 4 is 32.7 Å². The van der Waals surface area contributed by atoms with Crippen molar-refractivity contribution in [1.29, 1.82) is 0 Å². The van der Waals surface area contributed by atoms with E-state index in [2.05, 4.69) is 9.71 Å². The second kappa shape index (κ2) is 10.2. The number of para-hydroxylation sites is 1. The summed E-state index contributed by atoms with van der Waals surface area (Å²) >= 11 is 1.42. The van der Waals surface area contributed by atoms with Gasteiger partial charge in [0.25, 0.3) is 5.56 Å². The fourth-order valence-electron chi connectivity index (χ4n) is 3.05. The summed E-state index contributed by atoms with van der Waals surface area (Å²) in [6.45, 7) is 0.653. The Morgan fingerprint density at radius 2 is 1.84 bits per heavy atom. The zero-order valence-electron chi connectivity index (χ0n) is 17.6. The molecule has 1 aromatic heterocycles. The molecule has 0 unspecified atom stereocenters. The van der Waals surface area contributed by atoms with Crippen LogP contribution in [0.4, 0.5) is 0 Å². The van der Waals surface area contributed by atoms with Gasteiger partial charge in [0.1, 0.15) is 0 Å². The molecule has 166 valence electrons. The van der Waals surface area contributed by atoms with Crippen LogP contribution in [0.15, 0.2) is 52.4 Å². The Bertz CT molecular complexity index is 1230. The van der Waals surface area contributed by atoms with Crippen LogP contribution in [0.2, 0.25) is 0 Å². The fraction of sp³-hybridized carbons (Fsp3) is 0.333. The number of sulfonamides is 1. The van der Waals surface area contributed by atoms with Gasteiger partial charge in [0.2, 0.25) is 10.0 Å². The lowest BCUT2D eigenvalue weighted by atomic mass is 10.2. The summed E-state index contributed by atoms with van der Waals surface area (Å²) in [5.74, 6) is 1.81. The predicted octanol–water partition coefficient (Wildman–Crippen LogP) is 2.49. The lowest BCUT2D eigenvalue weighted by Crippen LogP contribution is -2.25. The molecule has 3 rings (SSSR count). The maximum Gasteiger partial charge on any atom is 0.262 e. The maximum absolute atomic E-state index is 13.2. The van der Waals surface area contributed by atoms with Crippen LogP contribution in [0.1, 0.15) is 12.0 Å². The molecule has 31 heavy (non-hydrogen) atoms. The SMILES string of the molecule is COc1ccc(Cn2c(SCCCNS(C)(=O)=O)nc3ccccc3c2=O)cc1OC. The van der Waals surface area contributed by atoms with E-state index in [1.165, 1.54) is 11.8 Å². The molecule has 1 heterocycles. The largest absolute Gasteiger partial charge is 0.493 e. The van der Waals surface area contributed by atoms with Gasteiger partial charge in [-0.15, -0.1) is 0 Å². The first-order valence-electron chi connectivity index (χ1n) is 9.60. The van der Waals surface area contributed by atoms with Gasteiger partial charge in [-0.3, -0.25) is 9.36 Å². The number of fused-ring (bicyclic) bond motifs is 1. The number of thioether (sulfide) groups is 1. The van der Waals surface area contributed by atoms with Crippen LogP contribution in [-0.2, 0) is 16.6 Å². The molecular formula is C21H25N3O5S2. The number of nitrogens with zero attached hydrogens (tertiary/aromatic N) is 2. The van der Waals surface area contributed by atoms with Gasteiger partial charge >= 0.3 is 0 Å². The third-order valence-corrected chi connectivity index (χ3v) is 6.32. The second-order valence-corrected chi connectivity index (χ2v) is 9.76. The highest BCUT2D eigenvalue weighted by Crippen LogP contribution is 2.28. The Kier molecular flexibility index (Phi) is 7.58. The lowest BCUT2D eigenvalue weighted by Gasteiger charge is -2.15. The first-order valence-corrected chi connectivity index (χ1v) is 12.5. The Hall–Kier alpha value is -2.56. The number of aromatic nitrogens is 2. The molecule has 0 bridgehead atoms. The second-order valence-electron chi connectivity index (χ2n) is 6.86. The molecule has 1 N–H and O–H groups in total.